The molecule has 142 valence electrons. The molecule has 5 nitrogen and oxygen atoms in total. The smallest absolute Gasteiger partial charge is 0.238 e. The highest BCUT2D eigenvalue weighted by molar-refractivity contribution is 7.18. The Morgan fingerprint density at radius 3 is 2.85 bits per heavy atom. The second-order valence-electron chi connectivity index (χ2n) is 7.84. The van der Waals surface area contributed by atoms with E-state index in [4.69, 9.17) is 4.98 Å². The number of rotatable bonds is 4. The summed E-state index contributed by atoms with van der Waals surface area (Å²) in [5, 5.41) is 13.9. The third-order valence-corrected chi connectivity index (χ3v) is 7.19. The lowest BCUT2D eigenvalue weighted by atomic mass is 9.82. The Hall–Kier alpha value is -1.97. The van der Waals surface area contributed by atoms with Crippen LogP contribution in [0.2, 0.25) is 0 Å². The molecule has 0 spiro atoms. The van der Waals surface area contributed by atoms with Crippen LogP contribution in [0.3, 0.4) is 0 Å². The van der Waals surface area contributed by atoms with Crippen LogP contribution < -0.4 is 5.32 Å². The number of aromatic nitrogens is 1. The highest BCUT2D eigenvalue weighted by Gasteiger charge is 2.39. The van der Waals surface area contributed by atoms with Gasteiger partial charge >= 0.3 is 0 Å². The van der Waals surface area contributed by atoms with Crippen LogP contribution in [0, 0.1) is 11.3 Å². The maximum absolute atomic E-state index is 13.0. The lowest BCUT2D eigenvalue weighted by Crippen LogP contribution is -2.54. The van der Waals surface area contributed by atoms with Gasteiger partial charge in [0.15, 0.2) is 0 Å². The van der Waals surface area contributed by atoms with Gasteiger partial charge in [-0.3, -0.25) is 9.69 Å². The van der Waals surface area contributed by atoms with E-state index in [-0.39, 0.29) is 18.0 Å². The van der Waals surface area contributed by atoms with Crippen molar-refractivity contribution in [1.29, 1.82) is 5.26 Å². The van der Waals surface area contributed by atoms with Crippen molar-refractivity contribution >= 4 is 27.5 Å². The first kappa shape index (κ1) is 18.4. The summed E-state index contributed by atoms with van der Waals surface area (Å²) in [4.78, 5) is 20.1. The molecule has 2 aromatic rings. The van der Waals surface area contributed by atoms with Crippen LogP contribution in [0.25, 0.3) is 10.2 Å². The van der Waals surface area contributed by atoms with Gasteiger partial charge in [-0.05, 0) is 51.3 Å². The van der Waals surface area contributed by atoms with Crippen molar-refractivity contribution in [1.82, 2.24) is 15.2 Å². The molecule has 0 bridgehead atoms. The van der Waals surface area contributed by atoms with Gasteiger partial charge in [-0.1, -0.05) is 31.4 Å². The van der Waals surface area contributed by atoms with Crippen molar-refractivity contribution in [2.24, 2.45) is 0 Å². The summed E-state index contributed by atoms with van der Waals surface area (Å²) in [6.45, 7) is 2.86. The van der Waals surface area contributed by atoms with E-state index in [1.807, 2.05) is 25.1 Å². The van der Waals surface area contributed by atoms with Crippen LogP contribution >= 0.6 is 11.3 Å². The van der Waals surface area contributed by atoms with Crippen LogP contribution in [0.4, 0.5) is 0 Å². The Kier molecular flexibility index (Phi) is 5.16. The minimum atomic E-state index is -0.672. The molecule has 1 aromatic carbocycles. The number of hydrogen-bond donors (Lipinski definition) is 1. The molecule has 1 saturated carbocycles. The number of nitrogens with one attached hydrogen (secondary N) is 1. The lowest BCUT2D eigenvalue weighted by Gasteiger charge is -2.35. The number of benzene rings is 1. The predicted molar refractivity (Wildman–Crippen MR) is 107 cm³/mol. The third-order valence-electron chi connectivity index (χ3n) is 6.05. The van der Waals surface area contributed by atoms with Gasteiger partial charge in [0.1, 0.15) is 10.5 Å². The van der Waals surface area contributed by atoms with E-state index in [0.717, 1.165) is 62.0 Å². The van der Waals surface area contributed by atoms with Crippen molar-refractivity contribution in [2.45, 2.75) is 69.5 Å². The number of para-hydroxylation sites is 1. The quantitative estimate of drug-likeness (QED) is 0.862. The van der Waals surface area contributed by atoms with Crippen LogP contribution in [-0.2, 0) is 4.79 Å². The fraction of sp³-hybridized carbons (Fsp3) is 0.571. The zero-order valence-electron chi connectivity index (χ0n) is 15.8. The minimum Gasteiger partial charge on any atom is -0.336 e. The number of nitriles is 1. The molecule has 1 aromatic heterocycles. The van der Waals surface area contributed by atoms with Gasteiger partial charge in [-0.15, -0.1) is 11.3 Å². The maximum atomic E-state index is 13.0. The van der Waals surface area contributed by atoms with Crippen molar-refractivity contribution in [3.63, 3.8) is 0 Å². The molecule has 2 heterocycles. The molecule has 2 aliphatic rings. The molecule has 0 radical (unpaired) electrons. The molecule has 1 amide bonds. The van der Waals surface area contributed by atoms with Gasteiger partial charge in [-0.25, -0.2) is 4.98 Å². The first-order valence-electron chi connectivity index (χ1n) is 9.96. The first-order chi connectivity index (χ1) is 13.1. The molecular weight excluding hydrogens is 356 g/mol. The second-order valence-corrected chi connectivity index (χ2v) is 8.90. The summed E-state index contributed by atoms with van der Waals surface area (Å²) in [5.41, 5.74) is 0.362. The zero-order chi connectivity index (χ0) is 18.9. The predicted octanol–water partition coefficient (Wildman–Crippen LogP) is 4.16. The van der Waals surface area contributed by atoms with E-state index >= 15 is 0 Å². The Balaban J connectivity index is 1.50. The van der Waals surface area contributed by atoms with Crippen LogP contribution in [0.5, 0.6) is 0 Å². The Morgan fingerprint density at radius 1 is 1.33 bits per heavy atom. The number of amides is 1. The number of carbonyl (C=O) groups excluding carboxylic acids is 1. The van der Waals surface area contributed by atoms with E-state index < -0.39 is 5.54 Å². The number of nitrogens with zero attached hydrogens (tertiary/aromatic N) is 3. The lowest BCUT2D eigenvalue weighted by molar-refractivity contribution is -0.128. The average molecular weight is 383 g/mol. The molecule has 6 heteroatoms. The summed E-state index contributed by atoms with van der Waals surface area (Å²) in [6, 6.07) is 10.5. The fourth-order valence-corrected chi connectivity index (χ4v) is 5.58. The molecule has 2 fully saturated rings. The number of thiazole rings is 1. The zero-order valence-corrected chi connectivity index (χ0v) is 16.6. The van der Waals surface area contributed by atoms with Crippen LogP contribution in [0.1, 0.15) is 62.9 Å². The van der Waals surface area contributed by atoms with Gasteiger partial charge in [-0.2, -0.15) is 5.26 Å². The summed E-state index contributed by atoms with van der Waals surface area (Å²) in [5.74, 6) is -0.0218. The molecular formula is C21H26N4OS. The van der Waals surface area contributed by atoms with Gasteiger partial charge in [0.05, 0.1) is 28.4 Å². The summed E-state index contributed by atoms with van der Waals surface area (Å²) >= 11 is 1.73. The normalized spacial score (nSPS) is 23.8. The second kappa shape index (κ2) is 7.57. The van der Waals surface area contributed by atoms with Crippen molar-refractivity contribution in [3.05, 3.63) is 29.3 Å². The molecule has 1 saturated heterocycles. The SMILES string of the molecule is CC(C(=O)NC1(C#N)CCCCC1)N1CCCC1c1nc2ccccc2s1. The third kappa shape index (κ3) is 3.59. The van der Waals surface area contributed by atoms with Crippen LogP contribution in [0.15, 0.2) is 24.3 Å². The number of fused-ring (bicyclic) bond motifs is 1. The van der Waals surface area contributed by atoms with Crippen molar-refractivity contribution in [2.75, 3.05) is 6.54 Å². The molecule has 4 rings (SSSR count). The number of carbonyl (C=O) groups is 1. The summed E-state index contributed by atoms with van der Waals surface area (Å²) in [7, 11) is 0. The molecule has 1 aliphatic heterocycles. The standard InChI is InChI=1S/C21H26N4OS/c1-15(19(26)24-21(14-22)11-5-2-6-12-21)25-13-7-9-17(25)20-23-16-8-3-4-10-18(16)27-20/h3-4,8,10,15,17H,2,5-7,9,11-13H2,1H3,(H,24,26). The highest BCUT2D eigenvalue weighted by Crippen LogP contribution is 2.38. The largest absolute Gasteiger partial charge is 0.336 e. The summed E-state index contributed by atoms with van der Waals surface area (Å²) in [6.07, 6.45) is 6.82. The van der Waals surface area contributed by atoms with E-state index in [0.29, 0.717) is 0 Å². The van der Waals surface area contributed by atoms with Gasteiger partial charge in [0, 0.05) is 0 Å². The molecule has 1 N–H and O–H groups in total. The first-order valence-corrected chi connectivity index (χ1v) is 10.8. The Bertz CT molecular complexity index is 831. The van der Waals surface area contributed by atoms with Gasteiger partial charge in [0.25, 0.3) is 0 Å². The van der Waals surface area contributed by atoms with E-state index in [1.165, 1.54) is 4.70 Å². The average Bonchev–Trinajstić information content (AvgIpc) is 3.34. The topological polar surface area (TPSA) is 69.0 Å². The Morgan fingerprint density at radius 2 is 2.11 bits per heavy atom. The van der Waals surface area contributed by atoms with E-state index in [2.05, 4.69) is 22.4 Å². The van der Waals surface area contributed by atoms with Crippen molar-refractivity contribution < 1.29 is 4.79 Å². The summed E-state index contributed by atoms with van der Waals surface area (Å²) < 4.78 is 1.20. The van der Waals surface area contributed by atoms with Crippen molar-refractivity contribution in [3.8, 4) is 6.07 Å². The van der Waals surface area contributed by atoms with Gasteiger partial charge < -0.3 is 5.32 Å². The molecule has 2 unspecified atom stereocenters. The molecule has 2 atom stereocenters. The fourth-order valence-electron chi connectivity index (χ4n) is 4.46. The van der Waals surface area contributed by atoms with E-state index in [9.17, 15) is 10.1 Å². The van der Waals surface area contributed by atoms with E-state index in [1.54, 1.807) is 11.3 Å². The van der Waals surface area contributed by atoms with Crippen LogP contribution in [-0.4, -0.2) is 33.9 Å². The maximum Gasteiger partial charge on any atom is 0.238 e. The molecule has 27 heavy (non-hydrogen) atoms. The number of likely N-dealkylation sites (tertiary alicyclic amines) is 1. The minimum absolute atomic E-state index is 0.0218. The highest BCUT2D eigenvalue weighted by atomic mass is 32.1. The number of hydrogen-bond acceptors (Lipinski definition) is 5. The monoisotopic (exact) mass is 382 g/mol. The van der Waals surface area contributed by atoms with Gasteiger partial charge in [0.2, 0.25) is 5.91 Å². The Labute approximate surface area is 164 Å². The molecule has 1 aliphatic carbocycles.